The van der Waals surface area contributed by atoms with E-state index in [9.17, 15) is 13.2 Å². The van der Waals surface area contributed by atoms with Crippen molar-refractivity contribution in [3.8, 4) is 5.75 Å². The Morgan fingerprint density at radius 1 is 1.27 bits per heavy atom. The molecule has 7 heteroatoms. The molecule has 0 saturated heterocycles. The summed E-state index contributed by atoms with van der Waals surface area (Å²) in [7, 11) is 0. The van der Waals surface area contributed by atoms with E-state index in [4.69, 9.17) is 10.5 Å². The first-order chi connectivity index (χ1) is 9.96. The van der Waals surface area contributed by atoms with Crippen LogP contribution in [0.5, 0.6) is 5.75 Å². The van der Waals surface area contributed by atoms with Crippen molar-refractivity contribution >= 4 is 5.96 Å². The van der Waals surface area contributed by atoms with Gasteiger partial charge in [0.25, 0.3) is 0 Å². The van der Waals surface area contributed by atoms with Gasteiger partial charge in [-0.05, 0) is 39.3 Å². The summed E-state index contributed by atoms with van der Waals surface area (Å²) in [6.07, 6.45) is -4.38. The third-order valence-corrected chi connectivity index (χ3v) is 2.54. The molecule has 0 spiro atoms. The molecule has 0 unspecified atom stereocenters. The van der Waals surface area contributed by atoms with Crippen LogP contribution >= 0.6 is 0 Å². The SMILES string of the molecule is Cc1ccc(CN=C(N)NC(C)(C)C)c(OCC(F)(F)F)c1. The van der Waals surface area contributed by atoms with Gasteiger partial charge in [-0.15, -0.1) is 0 Å². The lowest BCUT2D eigenvalue weighted by molar-refractivity contribution is -0.153. The van der Waals surface area contributed by atoms with Gasteiger partial charge in [-0.25, -0.2) is 4.99 Å². The van der Waals surface area contributed by atoms with Crippen molar-refractivity contribution in [1.29, 1.82) is 0 Å². The second-order valence-corrected chi connectivity index (χ2v) is 6.09. The van der Waals surface area contributed by atoms with E-state index >= 15 is 0 Å². The summed E-state index contributed by atoms with van der Waals surface area (Å²) in [6.45, 7) is 6.38. The highest BCUT2D eigenvalue weighted by Gasteiger charge is 2.28. The van der Waals surface area contributed by atoms with Gasteiger partial charge in [0.15, 0.2) is 12.6 Å². The second kappa shape index (κ2) is 6.89. The van der Waals surface area contributed by atoms with Gasteiger partial charge in [0, 0.05) is 11.1 Å². The molecule has 0 aliphatic heterocycles. The van der Waals surface area contributed by atoms with Crippen LogP contribution in [0.2, 0.25) is 0 Å². The van der Waals surface area contributed by atoms with Crippen LogP contribution in [0.3, 0.4) is 0 Å². The van der Waals surface area contributed by atoms with Gasteiger partial charge < -0.3 is 15.8 Å². The molecule has 3 N–H and O–H groups in total. The number of rotatable bonds is 4. The maximum absolute atomic E-state index is 12.3. The molecule has 0 atom stereocenters. The van der Waals surface area contributed by atoms with Crippen LogP contribution in [0.25, 0.3) is 0 Å². The minimum atomic E-state index is -4.38. The summed E-state index contributed by atoms with van der Waals surface area (Å²) in [4.78, 5) is 4.14. The van der Waals surface area contributed by atoms with Gasteiger partial charge in [0.2, 0.25) is 0 Å². The van der Waals surface area contributed by atoms with E-state index < -0.39 is 12.8 Å². The fourth-order valence-electron chi connectivity index (χ4n) is 1.68. The molecule has 0 radical (unpaired) electrons. The Hall–Kier alpha value is -1.92. The molecular formula is C15H22F3N3O. The van der Waals surface area contributed by atoms with Gasteiger partial charge >= 0.3 is 6.18 Å². The molecule has 0 bridgehead atoms. The summed E-state index contributed by atoms with van der Waals surface area (Å²) in [5, 5.41) is 2.98. The minimum Gasteiger partial charge on any atom is -0.484 e. The van der Waals surface area contributed by atoms with Crippen LogP contribution in [0.4, 0.5) is 13.2 Å². The lowest BCUT2D eigenvalue weighted by atomic mass is 10.1. The number of nitrogens with one attached hydrogen (secondary N) is 1. The van der Waals surface area contributed by atoms with E-state index in [1.807, 2.05) is 20.8 Å². The fraction of sp³-hybridized carbons (Fsp3) is 0.533. The zero-order chi connectivity index (χ0) is 17.0. The molecule has 0 saturated carbocycles. The van der Waals surface area contributed by atoms with Crippen LogP contribution in [-0.4, -0.2) is 24.3 Å². The number of nitrogens with two attached hydrogens (primary N) is 1. The molecule has 0 fully saturated rings. The topological polar surface area (TPSA) is 59.6 Å². The van der Waals surface area contributed by atoms with Crippen molar-refractivity contribution in [3.63, 3.8) is 0 Å². The summed E-state index contributed by atoms with van der Waals surface area (Å²) in [5.74, 6) is 0.402. The van der Waals surface area contributed by atoms with Gasteiger partial charge in [-0.1, -0.05) is 12.1 Å². The highest BCUT2D eigenvalue weighted by molar-refractivity contribution is 5.78. The predicted molar refractivity (Wildman–Crippen MR) is 80.9 cm³/mol. The average Bonchev–Trinajstić information content (AvgIpc) is 2.32. The Morgan fingerprint density at radius 2 is 1.91 bits per heavy atom. The Bertz CT molecular complexity index is 534. The lowest BCUT2D eigenvalue weighted by Crippen LogP contribution is -2.44. The van der Waals surface area contributed by atoms with E-state index in [1.165, 1.54) is 0 Å². The number of halogens is 3. The first kappa shape index (κ1) is 18.1. The standard InChI is InChI=1S/C15H22F3N3O/c1-10-5-6-11(8-20-13(19)21-14(2,3)4)12(7-10)22-9-15(16,17)18/h5-7H,8-9H2,1-4H3,(H3,19,20,21). The number of nitrogens with zero attached hydrogens (tertiary/aromatic N) is 1. The number of hydrogen-bond donors (Lipinski definition) is 2. The maximum Gasteiger partial charge on any atom is 0.422 e. The number of hydrogen-bond acceptors (Lipinski definition) is 2. The summed E-state index contributed by atoms with van der Waals surface area (Å²) in [6, 6.07) is 5.04. The molecule has 22 heavy (non-hydrogen) atoms. The van der Waals surface area contributed by atoms with Crippen LogP contribution in [-0.2, 0) is 6.54 Å². The molecule has 0 heterocycles. The number of alkyl halides is 3. The maximum atomic E-state index is 12.3. The predicted octanol–water partition coefficient (Wildman–Crippen LogP) is 3.14. The number of aliphatic imine (C=N–C) groups is 1. The van der Waals surface area contributed by atoms with Gasteiger partial charge in [0.1, 0.15) is 5.75 Å². The fourth-order valence-corrected chi connectivity index (χ4v) is 1.68. The average molecular weight is 317 g/mol. The van der Waals surface area contributed by atoms with Gasteiger partial charge in [0.05, 0.1) is 6.54 Å². The number of guanidine groups is 1. The zero-order valence-corrected chi connectivity index (χ0v) is 13.2. The molecule has 4 nitrogen and oxygen atoms in total. The van der Waals surface area contributed by atoms with Crippen LogP contribution in [0, 0.1) is 6.92 Å². The van der Waals surface area contributed by atoms with Gasteiger partial charge in [-0.2, -0.15) is 13.2 Å². The van der Waals surface area contributed by atoms with Crippen LogP contribution in [0.1, 0.15) is 31.9 Å². The van der Waals surface area contributed by atoms with Crippen LogP contribution in [0.15, 0.2) is 23.2 Å². The summed E-state index contributed by atoms with van der Waals surface area (Å²) >= 11 is 0. The highest BCUT2D eigenvalue weighted by atomic mass is 19.4. The Balaban J connectivity index is 2.84. The van der Waals surface area contributed by atoms with Crippen molar-refractivity contribution in [2.75, 3.05) is 6.61 Å². The van der Waals surface area contributed by atoms with E-state index in [0.29, 0.717) is 5.56 Å². The monoisotopic (exact) mass is 317 g/mol. The van der Waals surface area contributed by atoms with Crippen LogP contribution < -0.4 is 15.8 Å². The van der Waals surface area contributed by atoms with Gasteiger partial charge in [-0.3, -0.25) is 0 Å². The van der Waals surface area contributed by atoms with Crippen molar-refractivity contribution in [1.82, 2.24) is 5.32 Å². The van der Waals surface area contributed by atoms with Crippen molar-refractivity contribution in [2.45, 2.75) is 46.0 Å². The third-order valence-electron chi connectivity index (χ3n) is 2.54. The minimum absolute atomic E-state index is 0.141. The first-order valence-corrected chi connectivity index (χ1v) is 6.83. The molecule has 0 aliphatic carbocycles. The zero-order valence-electron chi connectivity index (χ0n) is 13.2. The van der Waals surface area contributed by atoms with Crippen molar-refractivity contribution < 1.29 is 17.9 Å². The van der Waals surface area contributed by atoms with E-state index in [1.54, 1.807) is 25.1 Å². The molecule has 124 valence electrons. The molecule has 1 aromatic rings. The van der Waals surface area contributed by atoms with E-state index in [2.05, 4.69) is 10.3 Å². The Labute approximate surface area is 128 Å². The Kier molecular flexibility index (Phi) is 5.68. The quantitative estimate of drug-likeness (QED) is 0.662. The largest absolute Gasteiger partial charge is 0.484 e. The van der Waals surface area contributed by atoms with Crippen molar-refractivity contribution in [2.24, 2.45) is 10.7 Å². The molecule has 1 aromatic carbocycles. The lowest BCUT2D eigenvalue weighted by Gasteiger charge is -2.21. The summed E-state index contributed by atoms with van der Waals surface area (Å²) < 4.78 is 41.7. The molecular weight excluding hydrogens is 295 g/mol. The second-order valence-electron chi connectivity index (χ2n) is 6.09. The number of benzene rings is 1. The summed E-state index contributed by atoms with van der Waals surface area (Å²) in [5.41, 5.74) is 6.87. The first-order valence-electron chi connectivity index (χ1n) is 6.83. The molecule has 1 rings (SSSR count). The van der Waals surface area contributed by atoms with E-state index in [0.717, 1.165) is 5.56 Å². The Morgan fingerprint density at radius 3 is 2.45 bits per heavy atom. The van der Waals surface area contributed by atoms with E-state index in [-0.39, 0.29) is 23.8 Å². The number of ether oxygens (including phenoxy) is 1. The molecule has 0 aromatic heterocycles. The number of aryl methyl sites for hydroxylation is 1. The van der Waals surface area contributed by atoms with Crippen molar-refractivity contribution in [3.05, 3.63) is 29.3 Å². The smallest absolute Gasteiger partial charge is 0.422 e. The third kappa shape index (κ3) is 7.19. The molecule has 0 amide bonds. The normalized spacial score (nSPS) is 13.1. The highest BCUT2D eigenvalue weighted by Crippen LogP contribution is 2.24. The molecule has 0 aliphatic rings.